The second-order valence-electron chi connectivity index (χ2n) is 3.44. The largest absolute Gasteiger partial charge is 0.453 e. The Hall–Kier alpha value is -0.770. The average Bonchev–Trinajstić information content (AvgIpc) is 2.67. The zero-order valence-electron chi connectivity index (χ0n) is 8.54. The van der Waals surface area contributed by atoms with E-state index >= 15 is 0 Å². The number of hydrogen-bond donors (Lipinski definition) is 1. The molecule has 2 nitrogen and oxygen atoms in total. The van der Waals surface area contributed by atoms with Crippen molar-refractivity contribution in [2.75, 3.05) is 0 Å². The fourth-order valence-electron chi connectivity index (χ4n) is 1.38. The van der Waals surface area contributed by atoms with E-state index in [9.17, 15) is 0 Å². The van der Waals surface area contributed by atoms with Gasteiger partial charge in [0.15, 0.2) is 4.67 Å². The van der Waals surface area contributed by atoms with Crippen LogP contribution in [0.1, 0.15) is 11.3 Å². The van der Waals surface area contributed by atoms with Crippen molar-refractivity contribution in [2.24, 2.45) is 0 Å². The van der Waals surface area contributed by atoms with Gasteiger partial charge in [0, 0.05) is 11.6 Å². The summed E-state index contributed by atoms with van der Waals surface area (Å²) in [4.78, 5) is 0. The fraction of sp³-hybridized carbons (Fsp3) is 0.167. The predicted molar refractivity (Wildman–Crippen MR) is 68.4 cm³/mol. The van der Waals surface area contributed by atoms with Crippen molar-refractivity contribution >= 4 is 27.5 Å². The van der Waals surface area contributed by atoms with Gasteiger partial charge in [0.2, 0.25) is 0 Å². The lowest BCUT2D eigenvalue weighted by Crippen LogP contribution is -2.11. The van der Waals surface area contributed by atoms with Gasteiger partial charge in [-0.15, -0.1) is 0 Å². The third kappa shape index (κ3) is 3.37. The van der Waals surface area contributed by atoms with Gasteiger partial charge < -0.3 is 9.73 Å². The molecule has 0 atom stereocenters. The molecule has 0 fully saturated rings. The van der Waals surface area contributed by atoms with Gasteiger partial charge in [-0.2, -0.15) is 0 Å². The van der Waals surface area contributed by atoms with Gasteiger partial charge in [-0.05, 0) is 45.8 Å². The highest BCUT2D eigenvalue weighted by Gasteiger charge is 1.99. The Kier molecular flexibility index (Phi) is 4.04. The highest BCUT2D eigenvalue weighted by molar-refractivity contribution is 9.10. The Balaban J connectivity index is 1.82. The fourth-order valence-corrected chi connectivity index (χ4v) is 1.85. The van der Waals surface area contributed by atoms with E-state index in [2.05, 4.69) is 21.2 Å². The molecule has 0 aliphatic rings. The minimum absolute atomic E-state index is 0.716. The molecule has 0 spiro atoms. The Bertz CT molecular complexity index is 452. The highest BCUT2D eigenvalue weighted by Crippen LogP contribution is 2.14. The van der Waals surface area contributed by atoms with E-state index in [1.807, 2.05) is 36.4 Å². The molecule has 0 unspecified atom stereocenters. The Morgan fingerprint density at radius 3 is 2.44 bits per heavy atom. The smallest absolute Gasteiger partial charge is 0.169 e. The van der Waals surface area contributed by atoms with E-state index in [4.69, 9.17) is 16.0 Å². The summed E-state index contributed by atoms with van der Waals surface area (Å²) in [5, 5.41) is 4.06. The number of furan rings is 1. The lowest BCUT2D eigenvalue weighted by Gasteiger charge is -2.02. The van der Waals surface area contributed by atoms with E-state index in [0.29, 0.717) is 6.54 Å². The standard InChI is InChI=1S/C12H11BrClNO/c13-12-6-5-11(16-12)8-15-7-9-1-3-10(14)4-2-9/h1-6,15H,7-8H2. The maximum absolute atomic E-state index is 5.80. The summed E-state index contributed by atoms with van der Waals surface area (Å²) in [6, 6.07) is 11.6. The minimum Gasteiger partial charge on any atom is -0.453 e. The van der Waals surface area contributed by atoms with E-state index in [0.717, 1.165) is 22.0 Å². The van der Waals surface area contributed by atoms with Crippen LogP contribution in [0.25, 0.3) is 0 Å². The van der Waals surface area contributed by atoms with Crippen LogP contribution in [0.4, 0.5) is 0 Å². The number of nitrogens with one attached hydrogen (secondary N) is 1. The summed E-state index contributed by atoms with van der Waals surface area (Å²) in [6.45, 7) is 1.52. The highest BCUT2D eigenvalue weighted by atomic mass is 79.9. The first-order chi connectivity index (χ1) is 7.74. The van der Waals surface area contributed by atoms with E-state index in [1.165, 1.54) is 5.56 Å². The van der Waals surface area contributed by atoms with E-state index < -0.39 is 0 Å². The quantitative estimate of drug-likeness (QED) is 0.924. The van der Waals surface area contributed by atoms with Crippen LogP contribution in [0.5, 0.6) is 0 Å². The zero-order chi connectivity index (χ0) is 11.4. The minimum atomic E-state index is 0.716. The lowest BCUT2D eigenvalue weighted by molar-refractivity contribution is 0.465. The second kappa shape index (κ2) is 5.53. The molecule has 4 heteroatoms. The molecular formula is C12H11BrClNO. The summed E-state index contributed by atoms with van der Waals surface area (Å²) in [7, 11) is 0. The Labute approximate surface area is 108 Å². The molecule has 2 aromatic rings. The normalized spacial score (nSPS) is 10.6. The molecule has 84 valence electrons. The third-order valence-electron chi connectivity index (χ3n) is 2.17. The first-order valence-electron chi connectivity index (χ1n) is 4.93. The molecule has 0 aliphatic heterocycles. The maximum atomic E-state index is 5.80. The first-order valence-corrected chi connectivity index (χ1v) is 6.10. The van der Waals surface area contributed by atoms with Gasteiger partial charge in [0.1, 0.15) is 5.76 Å². The summed E-state index contributed by atoms with van der Waals surface area (Å²) >= 11 is 9.07. The van der Waals surface area contributed by atoms with Crippen molar-refractivity contribution < 1.29 is 4.42 Å². The molecule has 2 rings (SSSR count). The third-order valence-corrected chi connectivity index (χ3v) is 2.85. The summed E-state index contributed by atoms with van der Waals surface area (Å²) < 4.78 is 6.13. The predicted octanol–water partition coefficient (Wildman–Crippen LogP) is 3.99. The summed E-state index contributed by atoms with van der Waals surface area (Å²) in [6.07, 6.45) is 0. The van der Waals surface area contributed by atoms with Crippen LogP contribution < -0.4 is 5.32 Å². The van der Waals surface area contributed by atoms with Gasteiger partial charge in [-0.25, -0.2) is 0 Å². The van der Waals surface area contributed by atoms with Crippen molar-refractivity contribution in [3.63, 3.8) is 0 Å². The molecule has 0 radical (unpaired) electrons. The van der Waals surface area contributed by atoms with Gasteiger partial charge >= 0.3 is 0 Å². The molecule has 0 amide bonds. The molecule has 0 bridgehead atoms. The van der Waals surface area contributed by atoms with E-state index in [-0.39, 0.29) is 0 Å². The lowest BCUT2D eigenvalue weighted by atomic mass is 10.2. The summed E-state index contributed by atoms with van der Waals surface area (Å²) in [5.41, 5.74) is 1.20. The van der Waals surface area contributed by atoms with Crippen LogP contribution >= 0.6 is 27.5 Å². The van der Waals surface area contributed by atoms with Crippen molar-refractivity contribution in [1.29, 1.82) is 0 Å². The molecule has 0 saturated carbocycles. The van der Waals surface area contributed by atoms with Gasteiger partial charge in [-0.3, -0.25) is 0 Å². The molecule has 0 aliphatic carbocycles. The first kappa shape index (κ1) is 11.7. The van der Waals surface area contributed by atoms with Gasteiger partial charge in [0.25, 0.3) is 0 Å². The van der Waals surface area contributed by atoms with Crippen LogP contribution in [0, 0.1) is 0 Å². The Morgan fingerprint density at radius 1 is 1.06 bits per heavy atom. The van der Waals surface area contributed by atoms with Gasteiger partial charge in [0.05, 0.1) is 6.54 Å². The van der Waals surface area contributed by atoms with Crippen LogP contribution in [0.15, 0.2) is 45.5 Å². The van der Waals surface area contributed by atoms with Crippen molar-refractivity contribution in [1.82, 2.24) is 5.32 Å². The second-order valence-corrected chi connectivity index (χ2v) is 4.65. The van der Waals surface area contributed by atoms with E-state index in [1.54, 1.807) is 0 Å². The number of benzene rings is 1. The number of hydrogen-bond acceptors (Lipinski definition) is 2. The monoisotopic (exact) mass is 299 g/mol. The average molecular weight is 301 g/mol. The number of halogens is 2. The molecule has 1 N–H and O–H groups in total. The summed E-state index contributed by atoms with van der Waals surface area (Å²) in [5.74, 6) is 0.917. The maximum Gasteiger partial charge on any atom is 0.169 e. The van der Waals surface area contributed by atoms with Crippen LogP contribution in [0.3, 0.4) is 0 Å². The molecule has 0 saturated heterocycles. The SMILES string of the molecule is Clc1ccc(CNCc2ccc(Br)o2)cc1. The van der Waals surface area contributed by atoms with Crippen LogP contribution in [0.2, 0.25) is 5.02 Å². The molecule has 16 heavy (non-hydrogen) atoms. The topological polar surface area (TPSA) is 25.2 Å². The molecule has 1 aromatic carbocycles. The zero-order valence-corrected chi connectivity index (χ0v) is 10.9. The van der Waals surface area contributed by atoms with Crippen molar-refractivity contribution in [3.8, 4) is 0 Å². The molecule has 1 heterocycles. The van der Waals surface area contributed by atoms with Crippen molar-refractivity contribution in [2.45, 2.75) is 13.1 Å². The Morgan fingerprint density at radius 2 is 1.81 bits per heavy atom. The molecular weight excluding hydrogens is 289 g/mol. The van der Waals surface area contributed by atoms with Crippen LogP contribution in [-0.2, 0) is 13.1 Å². The van der Waals surface area contributed by atoms with Crippen molar-refractivity contribution in [3.05, 3.63) is 57.4 Å². The number of rotatable bonds is 4. The molecule has 1 aromatic heterocycles. The van der Waals surface area contributed by atoms with Crippen LogP contribution in [-0.4, -0.2) is 0 Å². The van der Waals surface area contributed by atoms with Gasteiger partial charge in [-0.1, -0.05) is 23.7 Å².